The summed E-state index contributed by atoms with van der Waals surface area (Å²) in [5, 5.41) is 8.49. The summed E-state index contributed by atoms with van der Waals surface area (Å²) in [5.41, 5.74) is 4.17. The molecule has 5 aromatic carbocycles. The predicted molar refractivity (Wildman–Crippen MR) is 202 cm³/mol. The lowest BCUT2D eigenvalue weighted by Gasteiger charge is -2.15. The predicted octanol–water partition coefficient (Wildman–Crippen LogP) is 7.66. The van der Waals surface area contributed by atoms with E-state index in [1.165, 1.54) is 39.2 Å². The Morgan fingerprint density at radius 1 is 0.731 bits per heavy atom. The van der Waals surface area contributed by atoms with Crippen LogP contribution >= 0.6 is 11.8 Å². The third-order valence-electron chi connectivity index (χ3n) is 7.74. The van der Waals surface area contributed by atoms with Crippen molar-refractivity contribution in [3.63, 3.8) is 0 Å². The highest BCUT2D eigenvalue weighted by atomic mass is 32.2. The number of para-hydroxylation sites is 2. The molecule has 3 N–H and O–H groups in total. The number of benzene rings is 5. The van der Waals surface area contributed by atoms with Crippen LogP contribution in [0.4, 0.5) is 11.4 Å². The highest BCUT2D eigenvalue weighted by Crippen LogP contribution is 2.36. The van der Waals surface area contributed by atoms with Crippen molar-refractivity contribution < 1.29 is 33.0 Å². The molecule has 11 nitrogen and oxygen atoms in total. The Hall–Kier alpha value is -6.53. The Morgan fingerprint density at radius 3 is 2.17 bits per heavy atom. The van der Waals surface area contributed by atoms with Gasteiger partial charge in [-0.25, -0.2) is 4.98 Å². The zero-order chi connectivity index (χ0) is 36.5. The summed E-state index contributed by atoms with van der Waals surface area (Å²) in [6.07, 6.45) is 1.50. The van der Waals surface area contributed by atoms with E-state index in [0.717, 1.165) is 16.0 Å². The Labute approximate surface area is 304 Å². The Morgan fingerprint density at radius 2 is 1.44 bits per heavy atom. The maximum atomic E-state index is 13.7. The van der Waals surface area contributed by atoms with Gasteiger partial charge in [0.05, 0.1) is 27.1 Å². The van der Waals surface area contributed by atoms with Gasteiger partial charge in [-0.3, -0.25) is 14.4 Å². The third-order valence-corrected chi connectivity index (χ3v) is 8.73. The molecule has 0 radical (unpaired) electrons. The summed E-state index contributed by atoms with van der Waals surface area (Å²) in [6, 6.07) is 33.7. The van der Waals surface area contributed by atoms with Crippen molar-refractivity contribution in [2.24, 2.45) is 0 Å². The Bertz CT molecular complexity index is 2220. The van der Waals surface area contributed by atoms with E-state index >= 15 is 0 Å². The number of oxazole rings is 1. The number of hydrogen-bond acceptors (Lipinski definition) is 9. The molecule has 0 aliphatic heterocycles. The summed E-state index contributed by atoms with van der Waals surface area (Å²) in [5.74, 6) is 0.618. The van der Waals surface area contributed by atoms with Gasteiger partial charge < -0.3 is 34.6 Å². The molecule has 0 aliphatic carbocycles. The number of carbonyl (C=O) groups is 3. The largest absolute Gasteiger partial charge is 0.496 e. The van der Waals surface area contributed by atoms with Gasteiger partial charge in [-0.05, 0) is 78.9 Å². The second-order valence-corrected chi connectivity index (χ2v) is 12.3. The van der Waals surface area contributed by atoms with E-state index < -0.39 is 11.8 Å². The summed E-state index contributed by atoms with van der Waals surface area (Å²) >= 11 is 1.31. The first kappa shape index (κ1) is 35.3. The first-order chi connectivity index (χ1) is 25.3. The minimum Gasteiger partial charge on any atom is -0.496 e. The summed E-state index contributed by atoms with van der Waals surface area (Å²) in [6.45, 7) is 0. The van der Waals surface area contributed by atoms with Crippen LogP contribution in [0.1, 0.15) is 15.9 Å². The number of fused-ring (bicyclic) bond motifs is 1. The smallest absolute Gasteiger partial charge is 0.272 e. The molecule has 1 heterocycles. The molecule has 0 fully saturated rings. The van der Waals surface area contributed by atoms with Crippen LogP contribution in [0.5, 0.6) is 17.2 Å². The van der Waals surface area contributed by atoms with Gasteiger partial charge in [0.25, 0.3) is 11.8 Å². The fourth-order valence-corrected chi connectivity index (χ4v) is 5.92. The van der Waals surface area contributed by atoms with Crippen LogP contribution < -0.4 is 30.2 Å². The van der Waals surface area contributed by atoms with Gasteiger partial charge in [-0.15, -0.1) is 11.8 Å². The number of nitrogens with one attached hydrogen (secondary N) is 3. The van der Waals surface area contributed by atoms with E-state index in [2.05, 4.69) is 20.9 Å². The van der Waals surface area contributed by atoms with E-state index in [1.54, 1.807) is 72.8 Å². The molecule has 12 heteroatoms. The van der Waals surface area contributed by atoms with Crippen LogP contribution in [0.15, 0.2) is 130 Å². The van der Waals surface area contributed by atoms with Gasteiger partial charge in [0, 0.05) is 39.0 Å². The topological polar surface area (TPSA) is 141 Å². The van der Waals surface area contributed by atoms with Gasteiger partial charge in [0.15, 0.2) is 17.1 Å². The first-order valence-corrected chi connectivity index (χ1v) is 17.0. The zero-order valence-corrected chi connectivity index (χ0v) is 29.3. The van der Waals surface area contributed by atoms with E-state index in [-0.39, 0.29) is 17.4 Å². The van der Waals surface area contributed by atoms with Crippen molar-refractivity contribution in [3.8, 4) is 28.7 Å². The van der Waals surface area contributed by atoms with Crippen molar-refractivity contribution in [2.75, 3.05) is 37.7 Å². The maximum Gasteiger partial charge on any atom is 0.272 e. The number of aromatic nitrogens is 1. The number of thioether (sulfide) groups is 1. The van der Waals surface area contributed by atoms with Gasteiger partial charge >= 0.3 is 0 Å². The molecule has 262 valence electrons. The van der Waals surface area contributed by atoms with Crippen molar-refractivity contribution in [1.29, 1.82) is 0 Å². The van der Waals surface area contributed by atoms with Crippen molar-refractivity contribution in [3.05, 3.63) is 132 Å². The van der Waals surface area contributed by atoms with Gasteiger partial charge in [0.2, 0.25) is 11.8 Å². The lowest BCUT2D eigenvalue weighted by Crippen LogP contribution is -2.30. The van der Waals surface area contributed by atoms with Crippen LogP contribution in [0.3, 0.4) is 0 Å². The molecule has 0 atom stereocenters. The average molecular weight is 715 g/mol. The van der Waals surface area contributed by atoms with Crippen LogP contribution in [0.2, 0.25) is 0 Å². The van der Waals surface area contributed by atoms with Gasteiger partial charge in [0.1, 0.15) is 17.0 Å². The fourth-order valence-electron chi connectivity index (χ4n) is 5.16. The minimum absolute atomic E-state index is 0.0427. The minimum atomic E-state index is -0.581. The average Bonchev–Trinajstić information content (AvgIpc) is 3.62. The van der Waals surface area contributed by atoms with E-state index in [0.29, 0.717) is 51.2 Å². The van der Waals surface area contributed by atoms with Gasteiger partial charge in [-0.1, -0.05) is 36.4 Å². The normalized spacial score (nSPS) is 11.1. The summed E-state index contributed by atoms with van der Waals surface area (Å²) in [4.78, 5) is 45.0. The standard InChI is InChI=1S/C40H34N4O7S/c1-48-34-23-36(50-3)35(49-2)21-27(34)20-32(43-38(46)25-10-5-4-6-11-25)39(47)42-29-12-9-13-30(22-29)52-24-37(45)41-28-18-16-26(17-19-28)40-44-31-14-7-8-15-33(31)51-40/h4-23H,24H2,1-3H3,(H,41,45)(H,42,47)(H,43,46)/b32-20+. The van der Waals surface area contributed by atoms with Crippen molar-refractivity contribution >= 4 is 58.0 Å². The SMILES string of the molecule is COc1cc(OC)c(OC)cc1/C=C(/NC(=O)c1ccccc1)C(=O)Nc1cccc(SCC(=O)Nc2ccc(-c3nc4ccccc4o3)cc2)c1. The molecule has 0 saturated heterocycles. The molecule has 52 heavy (non-hydrogen) atoms. The number of methoxy groups -OCH3 is 3. The Balaban J connectivity index is 1.13. The molecular formula is C40H34N4O7S. The highest BCUT2D eigenvalue weighted by Gasteiger charge is 2.18. The number of nitrogens with zero attached hydrogens (tertiary/aromatic N) is 1. The molecule has 0 bridgehead atoms. The van der Waals surface area contributed by atoms with Crippen LogP contribution in [-0.4, -0.2) is 49.8 Å². The number of ether oxygens (including phenoxy) is 3. The summed E-state index contributed by atoms with van der Waals surface area (Å²) < 4.78 is 22.2. The third kappa shape index (κ3) is 8.60. The number of anilines is 2. The molecule has 0 spiro atoms. The first-order valence-electron chi connectivity index (χ1n) is 16.0. The highest BCUT2D eigenvalue weighted by molar-refractivity contribution is 8.00. The molecule has 0 saturated carbocycles. The number of rotatable bonds is 13. The van der Waals surface area contributed by atoms with Crippen molar-refractivity contribution in [1.82, 2.24) is 10.3 Å². The molecule has 1 aromatic heterocycles. The Kier molecular flexibility index (Phi) is 11.2. The van der Waals surface area contributed by atoms with E-state index in [4.69, 9.17) is 18.6 Å². The summed E-state index contributed by atoms with van der Waals surface area (Å²) in [7, 11) is 4.49. The quantitative estimate of drug-likeness (QED) is 0.0812. The maximum absolute atomic E-state index is 13.7. The molecule has 6 rings (SSSR count). The molecular weight excluding hydrogens is 681 g/mol. The van der Waals surface area contributed by atoms with E-state index in [9.17, 15) is 14.4 Å². The molecule has 0 unspecified atom stereocenters. The molecule has 6 aromatic rings. The number of amides is 3. The van der Waals surface area contributed by atoms with Crippen LogP contribution in [0.25, 0.3) is 28.6 Å². The van der Waals surface area contributed by atoms with E-state index in [1.807, 2.05) is 42.5 Å². The fraction of sp³-hybridized carbons (Fsp3) is 0.100. The van der Waals surface area contributed by atoms with Gasteiger partial charge in [-0.2, -0.15) is 0 Å². The lowest BCUT2D eigenvalue weighted by molar-refractivity contribution is -0.114. The van der Waals surface area contributed by atoms with Crippen molar-refractivity contribution in [2.45, 2.75) is 4.90 Å². The zero-order valence-electron chi connectivity index (χ0n) is 28.5. The monoisotopic (exact) mass is 714 g/mol. The van der Waals surface area contributed by atoms with Crippen LogP contribution in [-0.2, 0) is 9.59 Å². The molecule has 3 amide bonds. The van der Waals surface area contributed by atoms with Crippen LogP contribution in [0, 0.1) is 0 Å². The second-order valence-electron chi connectivity index (χ2n) is 11.2. The second kappa shape index (κ2) is 16.5. The number of carbonyl (C=O) groups excluding carboxylic acids is 3. The molecule has 0 aliphatic rings. The lowest BCUT2D eigenvalue weighted by atomic mass is 10.1. The number of hydrogen-bond donors (Lipinski definition) is 3.